The van der Waals surface area contributed by atoms with Crippen molar-refractivity contribution in [2.24, 2.45) is 4.40 Å². The van der Waals surface area contributed by atoms with Crippen LogP contribution in [0.1, 0.15) is 56.1 Å². The van der Waals surface area contributed by atoms with E-state index in [9.17, 15) is 30.9 Å². The van der Waals surface area contributed by atoms with Crippen LogP contribution in [0.25, 0.3) is 0 Å². The minimum Gasteiger partial charge on any atom is -0.367 e. The fourth-order valence-electron chi connectivity index (χ4n) is 2.66. The van der Waals surface area contributed by atoms with Gasteiger partial charge in [0.2, 0.25) is 0 Å². The third-order valence-electron chi connectivity index (χ3n) is 5.10. The van der Waals surface area contributed by atoms with Gasteiger partial charge in [-0.2, -0.15) is 26.3 Å². The summed E-state index contributed by atoms with van der Waals surface area (Å²) in [6.45, 7) is 6.60. The van der Waals surface area contributed by atoms with Crippen molar-refractivity contribution in [3.8, 4) is 0 Å². The van der Waals surface area contributed by atoms with Crippen molar-refractivity contribution < 1.29 is 35.6 Å². The van der Waals surface area contributed by atoms with Crippen molar-refractivity contribution in [3.05, 3.63) is 70.8 Å². The maximum absolute atomic E-state index is 13.2. The molecule has 1 unspecified atom stereocenters. The molecule has 2 rings (SSSR count). The Balaban J connectivity index is 2.41. The third-order valence-corrected chi connectivity index (χ3v) is 8.00. The molecule has 0 aromatic heterocycles. The Labute approximate surface area is 191 Å². The van der Waals surface area contributed by atoms with E-state index in [-0.39, 0.29) is 18.2 Å². The molecule has 0 saturated carbocycles. The van der Waals surface area contributed by atoms with E-state index >= 15 is 0 Å². The largest absolute Gasteiger partial charge is 0.416 e. The third kappa shape index (κ3) is 7.22. The first-order valence-electron chi connectivity index (χ1n) is 9.97. The lowest BCUT2D eigenvalue weighted by Gasteiger charge is -2.39. The second kappa shape index (κ2) is 9.68. The van der Waals surface area contributed by atoms with Gasteiger partial charge in [-0.15, -0.1) is 0 Å². The first-order valence-corrected chi connectivity index (χ1v) is 11.9. The van der Waals surface area contributed by atoms with Crippen LogP contribution in [-0.4, -0.2) is 27.9 Å². The number of nitrogens with zero attached hydrogens (tertiary/aromatic N) is 1. The van der Waals surface area contributed by atoms with Crippen molar-refractivity contribution >= 4 is 16.2 Å². The summed E-state index contributed by atoms with van der Waals surface area (Å²) in [5.74, 6) is 0. The lowest BCUT2D eigenvalue weighted by atomic mass is 10.0. The van der Waals surface area contributed by atoms with Gasteiger partial charge in [0.25, 0.3) is 0 Å². The zero-order chi connectivity index (χ0) is 25.2. The van der Waals surface area contributed by atoms with Gasteiger partial charge in [0.05, 0.1) is 29.5 Å². The standard InChI is InChI=1S/C23H27F6NO2S/c1-15(17-11-18(22(24,25)26)13-19(12-17)23(27,28)29)32-14-20(16-9-7-6-8-10-16)30-33(5,31)21(2,3)4/h6-13,15,31H,14H2,1-5H3/t15-/m1/s1. The van der Waals surface area contributed by atoms with E-state index in [1.807, 2.05) is 20.8 Å². The molecule has 0 spiro atoms. The summed E-state index contributed by atoms with van der Waals surface area (Å²) < 4.78 is 99.6. The first-order chi connectivity index (χ1) is 14.9. The van der Waals surface area contributed by atoms with Crippen LogP contribution in [0.5, 0.6) is 0 Å². The number of ether oxygens (including phenoxy) is 1. The van der Waals surface area contributed by atoms with E-state index in [4.69, 9.17) is 4.74 Å². The first kappa shape index (κ1) is 27.2. The van der Waals surface area contributed by atoms with Gasteiger partial charge in [0.15, 0.2) is 0 Å². The minimum atomic E-state index is -4.94. The van der Waals surface area contributed by atoms with Gasteiger partial charge in [0, 0.05) is 11.0 Å². The molecule has 0 bridgehead atoms. The Morgan fingerprint density at radius 2 is 1.42 bits per heavy atom. The van der Waals surface area contributed by atoms with Gasteiger partial charge in [-0.05, 0) is 67.5 Å². The predicted molar refractivity (Wildman–Crippen MR) is 120 cm³/mol. The van der Waals surface area contributed by atoms with E-state index in [0.29, 0.717) is 23.4 Å². The molecule has 3 nitrogen and oxygen atoms in total. The van der Waals surface area contributed by atoms with Crippen LogP contribution < -0.4 is 0 Å². The van der Waals surface area contributed by atoms with Crippen LogP contribution in [0, 0.1) is 0 Å². The monoisotopic (exact) mass is 495 g/mol. The van der Waals surface area contributed by atoms with E-state index < -0.39 is 44.8 Å². The number of alkyl halides is 6. The summed E-state index contributed by atoms with van der Waals surface area (Å²) in [5.41, 5.74) is -2.10. The van der Waals surface area contributed by atoms with Crippen LogP contribution in [0.2, 0.25) is 0 Å². The smallest absolute Gasteiger partial charge is 0.367 e. The number of benzene rings is 2. The molecule has 0 aliphatic rings. The Kier molecular flexibility index (Phi) is 7.98. The molecule has 0 aliphatic carbocycles. The van der Waals surface area contributed by atoms with E-state index in [1.165, 1.54) is 6.92 Å². The van der Waals surface area contributed by atoms with Crippen LogP contribution in [0.3, 0.4) is 0 Å². The van der Waals surface area contributed by atoms with E-state index in [0.717, 1.165) is 0 Å². The maximum Gasteiger partial charge on any atom is 0.416 e. The zero-order valence-corrected chi connectivity index (χ0v) is 19.7. The highest BCUT2D eigenvalue weighted by Gasteiger charge is 2.37. The van der Waals surface area contributed by atoms with Crippen LogP contribution >= 0.6 is 10.5 Å². The number of rotatable bonds is 6. The lowest BCUT2D eigenvalue weighted by Crippen LogP contribution is -2.24. The highest BCUT2D eigenvalue weighted by Crippen LogP contribution is 2.54. The highest BCUT2D eigenvalue weighted by atomic mass is 32.3. The molecule has 2 aromatic carbocycles. The fraction of sp³-hybridized carbons (Fsp3) is 0.435. The van der Waals surface area contributed by atoms with Crippen molar-refractivity contribution in [3.63, 3.8) is 0 Å². The van der Waals surface area contributed by atoms with E-state index in [2.05, 4.69) is 4.40 Å². The summed E-state index contributed by atoms with van der Waals surface area (Å²) >= 11 is 0. The molecule has 0 aliphatic heterocycles. The molecule has 0 radical (unpaired) electrons. The van der Waals surface area contributed by atoms with Crippen molar-refractivity contribution in [2.45, 2.75) is 50.9 Å². The fourth-order valence-corrected chi connectivity index (χ4v) is 3.52. The molecular formula is C23H27F6NO2S. The van der Waals surface area contributed by atoms with Crippen molar-refractivity contribution in [1.82, 2.24) is 0 Å². The summed E-state index contributed by atoms with van der Waals surface area (Å²) in [5, 5.41) is 0. The minimum absolute atomic E-state index is 0.0803. The molecule has 2 atom stereocenters. The maximum atomic E-state index is 13.2. The topological polar surface area (TPSA) is 41.8 Å². The molecule has 1 N–H and O–H groups in total. The average Bonchev–Trinajstić information content (AvgIpc) is 2.69. The molecule has 0 saturated heterocycles. The molecule has 33 heavy (non-hydrogen) atoms. The molecule has 2 aromatic rings. The van der Waals surface area contributed by atoms with Gasteiger partial charge in [-0.25, -0.2) is 4.40 Å². The zero-order valence-electron chi connectivity index (χ0n) is 18.9. The van der Waals surface area contributed by atoms with Gasteiger partial charge in [-0.3, -0.25) is 0 Å². The van der Waals surface area contributed by atoms with Gasteiger partial charge in [-0.1, -0.05) is 30.3 Å². The quantitative estimate of drug-likeness (QED) is 0.327. The molecule has 184 valence electrons. The Morgan fingerprint density at radius 1 is 0.939 bits per heavy atom. The van der Waals surface area contributed by atoms with Crippen LogP contribution in [-0.2, 0) is 17.1 Å². The van der Waals surface area contributed by atoms with Gasteiger partial charge >= 0.3 is 12.4 Å². The van der Waals surface area contributed by atoms with Gasteiger partial charge < -0.3 is 9.29 Å². The normalized spacial score (nSPS) is 17.4. The number of hydrogen-bond acceptors (Lipinski definition) is 3. The van der Waals surface area contributed by atoms with Crippen LogP contribution in [0.4, 0.5) is 26.3 Å². The summed E-state index contributed by atoms with van der Waals surface area (Å²) in [6.07, 6.45) is -9.39. The second-order valence-electron chi connectivity index (χ2n) is 8.64. The number of halogens is 6. The SMILES string of the molecule is C[C@@H](OCC(=NS(C)(O)C(C)(C)C)c1ccccc1)c1cc(C(F)(F)F)cc(C(F)(F)F)c1. The molecular weight excluding hydrogens is 468 g/mol. The summed E-state index contributed by atoms with van der Waals surface area (Å²) in [7, 11) is -2.50. The number of hydrogen-bond donors (Lipinski definition) is 1. The molecule has 0 heterocycles. The van der Waals surface area contributed by atoms with E-state index in [1.54, 1.807) is 36.6 Å². The van der Waals surface area contributed by atoms with Crippen LogP contribution in [0.15, 0.2) is 52.9 Å². The summed E-state index contributed by atoms with van der Waals surface area (Å²) in [6, 6.07) is 10.1. The second-order valence-corrected chi connectivity index (χ2v) is 11.7. The van der Waals surface area contributed by atoms with Gasteiger partial charge in [0.1, 0.15) is 0 Å². The lowest BCUT2D eigenvalue weighted by molar-refractivity contribution is -0.143. The Hall–Kier alpha value is -2.04. The Bertz CT molecular complexity index is 947. The Morgan fingerprint density at radius 3 is 1.85 bits per heavy atom. The summed E-state index contributed by atoms with van der Waals surface area (Å²) in [4.78, 5) is 0. The predicted octanol–water partition coefficient (Wildman–Crippen LogP) is 7.91. The highest BCUT2D eigenvalue weighted by molar-refractivity contribution is 8.28. The van der Waals surface area contributed by atoms with Crippen molar-refractivity contribution in [1.29, 1.82) is 0 Å². The molecule has 0 fully saturated rings. The average molecular weight is 496 g/mol. The molecule has 10 heteroatoms. The molecule has 0 amide bonds. The van der Waals surface area contributed by atoms with Crippen molar-refractivity contribution in [2.75, 3.05) is 12.9 Å².